The van der Waals surface area contributed by atoms with Crippen molar-refractivity contribution in [2.75, 3.05) is 18.9 Å². The van der Waals surface area contributed by atoms with E-state index in [0.29, 0.717) is 28.2 Å². The zero-order chi connectivity index (χ0) is 24.1. The molecule has 3 aromatic heterocycles. The number of aliphatic hydroxyl groups excluding tert-OH is 2. The number of ether oxygens (including phenoxy) is 2. The van der Waals surface area contributed by atoms with E-state index in [1.165, 1.54) is 17.5 Å². The normalized spacial score (nSPS) is 24.1. The van der Waals surface area contributed by atoms with E-state index >= 15 is 0 Å². The summed E-state index contributed by atoms with van der Waals surface area (Å²) in [4.78, 5) is 4.12. The Bertz CT molecular complexity index is 1380. The molecule has 6 rings (SSSR count). The van der Waals surface area contributed by atoms with Crippen LogP contribution in [0.4, 0.5) is 5.82 Å². The van der Waals surface area contributed by atoms with E-state index in [1.54, 1.807) is 9.20 Å². The van der Waals surface area contributed by atoms with Gasteiger partial charge >= 0.3 is 0 Å². The van der Waals surface area contributed by atoms with E-state index in [4.69, 9.17) is 15.2 Å². The summed E-state index contributed by atoms with van der Waals surface area (Å²) in [5.41, 5.74) is 11.2. The van der Waals surface area contributed by atoms with Gasteiger partial charge in [0.1, 0.15) is 48.6 Å². The van der Waals surface area contributed by atoms with E-state index in [2.05, 4.69) is 26.6 Å². The highest BCUT2D eigenvalue weighted by atomic mass is 16.6. The zero-order valence-corrected chi connectivity index (χ0v) is 19.2. The molecule has 5 heterocycles. The number of nitrogens with zero attached hydrogens (tertiary/aromatic N) is 5. The maximum atomic E-state index is 10.9. The molecule has 11 heteroatoms. The van der Waals surface area contributed by atoms with Crippen molar-refractivity contribution in [2.24, 2.45) is 7.05 Å². The van der Waals surface area contributed by atoms with Gasteiger partial charge in [-0.1, -0.05) is 6.07 Å². The summed E-state index contributed by atoms with van der Waals surface area (Å²) in [6.07, 6.45) is 0.240. The summed E-state index contributed by atoms with van der Waals surface area (Å²) in [7, 11) is 1.83. The molecule has 11 nitrogen and oxygen atoms in total. The number of nitrogens with two attached hydrogens (primary N) is 1. The number of fused-ring (bicyclic) bond motifs is 2. The fourth-order valence-electron chi connectivity index (χ4n) is 4.90. The third kappa shape index (κ3) is 3.82. The van der Waals surface area contributed by atoms with E-state index in [-0.39, 0.29) is 12.4 Å². The monoisotopic (exact) mass is 477 g/mol. The number of benzene rings is 1. The summed E-state index contributed by atoms with van der Waals surface area (Å²) in [6.45, 7) is 1.89. The summed E-state index contributed by atoms with van der Waals surface area (Å²) in [5.74, 6) is 0.993. The van der Waals surface area contributed by atoms with Crippen molar-refractivity contribution in [2.45, 2.75) is 37.4 Å². The lowest BCUT2D eigenvalue weighted by Crippen LogP contribution is -2.34. The maximum absolute atomic E-state index is 10.9. The van der Waals surface area contributed by atoms with Crippen LogP contribution in [-0.4, -0.2) is 66.1 Å². The number of hydrogen-bond donors (Lipinski definition) is 4. The molecule has 5 N–H and O–H groups in total. The molecule has 0 amide bonds. The second-order valence-electron chi connectivity index (χ2n) is 9.01. The third-order valence-electron chi connectivity index (χ3n) is 6.73. The Hall–Kier alpha value is -3.51. The number of hydrogen-bond acceptors (Lipinski definition) is 9. The van der Waals surface area contributed by atoms with Gasteiger partial charge in [-0.3, -0.25) is 4.68 Å². The van der Waals surface area contributed by atoms with Crippen molar-refractivity contribution in [3.8, 4) is 17.0 Å². The Kier molecular flexibility index (Phi) is 5.41. The molecule has 0 saturated carbocycles. The van der Waals surface area contributed by atoms with Crippen LogP contribution in [0, 0.1) is 0 Å². The minimum absolute atomic E-state index is 0.0965. The highest BCUT2D eigenvalue weighted by molar-refractivity contribution is 5.86. The molecular weight excluding hydrogens is 450 g/mol. The van der Waals surface area contributed by atoms with E-state index in [9.17, 15) is 10.2 Å². The molecule has 0 unspecified atom stereocenters. The minimum atomic E-state index is -1.18. The summed E-state index contributed by atoms with van der Waals surface area (Å²) in [5, 5.41) is 33.8. The number of nitrogen functional groups attached to an aromatic ring is 1. The van der Waals surface area contributed by atoms with Crippen molar-refractivity contribution in [1.29, 1.82) is 0 Å². The largest absolute Gasteiger partial charge is 0.491 e. The second-order valence-corrected chi connectivity index (χ2v) is 9.01. The van der Waals surface area contributed by atoms with Gasteiger partial charge in [-0.05, 0) is 48.4 Å². The van der Waals surface area contributed by atoms with Crippen LogP contribution in [0.3, 0.4) is 0 Å². The van der Waals surface area contributed by atoms with Crippen LogP contribution in [0.25, 0.3) is 16.8 Å². The summed E-state index contributed by atoms with van der Waals surface area (Å²) >= 11 is 0. The lowest BCUT2D eigenvalue weighted by atomic mass is 10.0. The van der Waals surface area contributed by atoms with Crippen LogP contribution < -0.4 is 15.8 Å². The molecule has 2 aliphatic heterocycles. The molecule has 1 fully saturated rings. The summed E-state index contributed by atoms with van der Waals surface area (Å²) < 4.78 is 15.4. The first-order valence-electron chi connectivity index (χ1n) is 11.6. The van der Waals surface area contributed by atoms with Crippen LogP contribution in [0.1, 0.15) is 22.9 Å². The molecule has 0 aliphatic carbocycles. The highest BCUT2D eigenvalue weighted by Crippen LogP contribution is 2.38. The van der Waals surface area contributed by atoms with Crippen molar-refractivity contribution >= 4 is 11.3 Å². The second kappa shape index (κ2) is 8.61. The molecule has 4 atom stereocenters. The first kappa shape index (κ1) is 22.0. The topological polar surface area (TPSA) is 145 Å². The molecule has 1 saturated heterocycles. The van der Waals surface area contributed by atoms with Gasteiger partial charge in [0.05, 0.1) is 11.4 Å². The first-order valence-corrected chi connectivity index (χ1v) is 11.6. The Morgan fingerprint density at radius 1 is 1.20 bits per heavy atom. The zero-order valence-electron chi connectivity index (χ0n) is 19.2. The first-order chi connectivity index (χ1) is 17.0. The van der Waals surface area contributed by atoms with Crippen molar-refractivity contribution < 1.29 is 19.7 Å². The van der Waals surface area contributed by atoms with Crippen molar-refractivity contribution in [3.05, 3.63) is 59.7 Å². The number of aromatic nitrogens is 5. The average Bonchev–Trinajstić information content (AvgIpc) is 3.54. The molecule has 0 bridgehead atoms. The minimum Gasteiger partial charge on any atom is -0.491 e. The SMILES string of the molecule is Cn1ccc(-c2cc([C@@H]3O[C@H](COc4ccc5c(c4)CCNC5)[C@@H](O)[C@H]3O)n3ncnc(N)c23)n1. The summed E-state index contributed by atoms with van der Waals surface area (Å²) in [6, 6.07) is 9.68. The predicted octanol–water partition coefficient (Wildman–Crippen LogP) is 0.598. The number of rotatable bonds is 5. The highest BCUT2D eigenvalue weighted by Gasteiger charge is 2.45. The molecular formula is C24H27N7O4. The molecule has 4 aromatic rings. The predicted molar refractivity (Wildman–Crippen MR) is 127 cm³/mol. The van der Waals surface area contributed by atoms with Crippen LogP contribution in [-0.2, 0) is 24.8 Å². The van der Waals surface area contributed by atoms with E-state index in [1.807, 2.05) is 37.5 Å². The van der Waals surface area contributed by atoms with Crippen LogP contribution in [0.15, 0.2) is 42.9 Å². The van der Waals surface area contributed by atoms with Gasteiger partial charge in [-0.25, -0.2) is 9.50 Å². The molecule has 2 aliphatic rings. The van der Waals surface area contributed by atoms with Gasteiger partial charge in [0, 0.05) is 25.4 Å². The molecule has 182 valence electrons. The van der Waals surface area contributed by atoms with Crippen molar-refractivity contribution in [1.82, 2.24) is 29.7 Å². The number of nitrogens with one attached hydrogen (secondary N) is 1. The number of aryl methyl sites for hydroxylation is 1. The Labute approximate surface area is 201 Å². The van der Waals surface area contributed by atoms with Gasteiger partial charge < -0.3 is 30.7 Å². The Balaban J connectivity index is 1.27. The van der Waals surface area contributed by atoms with Crippen LogP contribution >= 0.6 is 0 Å². The number of anilines is 1. The van der Waals surface area contributed by atoms with E-state index < -0.39 is 24.4 Å². The van der Waals surface area contributed by atoms with Gasteiger partial charge in [0.15, 0.2) is 5.82 Å². The smallest absolute Gasteiger partial charge is 0.152 e. The molecule has 1 aromatic carbocycles. The van der Waals surface area contributed by atoms with Gasteiger partial charge in [0.25, 0.3) is 0 Å². The van der Waals surface area contributed by atoms with Gasteiger partial charge in [-0.15, -0.1) is 0 Å². The van der Waals surface area contributed by atoms with E-state index in [0.717, 1.165) is 19.5 Å². The van der Waals surface area contributed by atoms with Crippen LogP contribution in [0.5, 0.6) is 5.75 Å². The number of aliphatic hydroxyl groups is 2. The van der Waals surface area contributed by atoms with Crippen molar-refractivity contribution in [3.63, 3.8) is 0 Å². The van der Waals surface area contributed by atoms with Crippen LogP contribution in [0.2, 0.25) is 0 Å². The average molecular weight is 478 g/mol. The molecule has 0 spiro atoms. The Morgan fingerprint density at radius 2 is 2.09 bits per heavy atom. The van der Waals surface area contributed by atoms with Gasteiger partial charge in [0.2, 0.25) is 0 Å². The lowest BCUT2D eigenvalue weighted by Gasteiger charge is -2.19. The molecule has 0 radical (unpaired) electrons. The lowest BCUT2D eigenvalue weighted by molar-refractivity contribution is -0.0187. The van der Waals surface area contributed by atoms with Gasteiger partial charge in [-0.2, -0.15) is 10.2 Å². The quantitative estimate of drug-likeness (QED) is 0.325. The third-order valence-corrected chi connectivity index (χ3v) is 6.73. The Morgan fingerprint density at radius 3 is 2.91 bits per heavy atom. The fourth-order valence-corrected chi connectivity index (χ4v) is 4.90. The molecule has 35 heavy (non-hydrogen) atoms. The standard InChI is InChI=1S/C24H27N7O4/c1-30-7-5-17(29-30)16-9-18(31-20(16)24(25)27-12-28-31)23-22(33)21(32)19(35-23)11-34-15-3-2-14-10-26-6-4-13(14)8-15/h2-3,5,7-9,12,19,21-23,26,32-33H,4,6,10-11H2,1H3,(H2,25,27,28)/t19-,21-,22-,23+/m1/s1. The fraction of sp³-hybridized carbons (Fsp3) is 0.375. The maximum Gasteiger partial charge on any atom is 0.152 e.